The highest BCUT2D eigenvalue weighted by Crippen LogP contribution is 2.33. The van der Waals surface area contributed by atoms with Crippen molar-refractivity contribution in [1.82, 2.24) is 14.0 Å². The van der Waals surface area contributed by atoms with Gasteiger partial charge in [-0.05, 0) is 104 Å². The summed E-state index contributed by atoms with van der Waals surface area (Å²) in [7, 11) is 0. The van der Waals surface area contributed by atoms with Crippen molar-refractivity contribution in [2.45, 2.75) is 0 Å². The lowest BCUT2D eigenvalue weighted by molar-refractivity contribution is 0.984. The second-order valence-corrected chi connectivity index (χ2v) is 13.6. The Labute approximate surface area is 312 Å². The normalized spacial score (nSPS) is 11.4. The van der Waals surface area contributed by atoms with E-state index in [2.05, 4.69) is 156 Å². The van der Waals surface area contributed by atoms with Crippen molar-refractivity contribution in [3.8, 4) is 61.3 Å². The smallest absolute Gasteiger partial charge is 0.267 e. The average Bonchev–Trinajstić information content (AvgIpc) is 3.63. The summed E-state index contributed by atoms with van der Waals surface area (Å²) in [6.45, 7) is 0. The Morgan fingerprint density at radius 1 is 0.352 bits per heavy atom. The van der Waals surface area contributed by atoms with E-state index in [9.17, 15) is 4.79 Å². The zero-order valence-corrected chi connectivity index (χ0v) is 29.3. The average molecular weight is 692 g/mol. The Bertz CT molecular complexity index is 3050. The molecule has 0 bridgehead atoms. The van der Waals surface area contributed by atoms with Crippen LogP contribution in [-0.2, 0) is 0 Å². The fraction of sp³-hybridized carbons (Fsp3) is 0. The molecule has 254 valence electrons. The fourth-order valence-electron chi connectivity index (χ4n) is 7.63. The molecule has 0 saturated heterocycles. The highest BCUT2D eigenvalue weighted by molar-refractivity contribution is 5.94. The summed E-state index contributed by atoms with van der Waals surface area (Å²) in [4.78, 5) is 20.1. The lowest BCUT2D eigenvalue weighted by atomic mass is 9.98. The molecule has 10 rings (SSSR count). The molecular formula is C50H33N3O. The van der Waals surface area contributed by atoms with Gasteiger partial charge in [0.1, 0.15) is 0 Å². The molecule has 8 aromatic carbocycles. The van der Waals surface area contributed by atoms with Crippen LogP contribution < -0.4 is 5.56 Å². The lowest BCUT2D eigenvalue weighted by Gasteiger charge is -2.14. The second kappa shape index (κ2) is 13.0. The van der Waals surface area contributed by atoms with Gasteiger partial charge in [-0.1, -0.05) is 152 Å². The zero-order chi connectivity index (χ0) is 36.0. The molecule has 2 aromatic heterocycles. The predicted octanol–water partition coefficient (Wildman–Crippen LogP) is 12.1. The summed E-state index contributed by atoms with van der Waals surface area (Å²) in [6.07, 6.45) is 0. The van der Waals surface area contributed by atoms with E-state index in [-0.39, 0.29) is 5.56 Å². The Morgan fingerprint density at radius 3 is 1.37 bits per heavy atom. The summed E-state index contributed by atoms with van der Waals surface area (Å²) in [5, 5.41) is 0.617. The largest absolute Gasteiger partial charge is 0.277 e. The van der Waals surface area contributed by atoms with Crippen LogP contribution in [0.3, 0.4) is 0 Å². The van der Waals surface area contributed by atoms with Gasteiger partial charge in [-0.2, -0.15) is 0 Å². The minimum Gasteiger partial charge on any atom is -0.277 e. The van der Waals surface area contributed by atoms with Crippen LogP contribution in [-0.4, -0.2) is 14.0 Å². The van der Waals surface area contributed by atoms with E-state index in [0.717, 1.165) is 72.3 Å². The number of imidazole rings is 1. The fourth-order valence-corrected chi connectivity index (χ4v) is 7.63. The van der Waals surface area contributed by atoms with Crippen LogP contribution >= 0.6 is 0 Å². The minimum atomic E-state index is -0.116. The summed E-state index contributed by atoms with van der Waals surface area (Å²) in [5.41, 5.74) is 14.1. The van der Waals surface area contributed by atoms with E-state index in [1.54, 1.807) is 4.57 Å². The molecular weight excluding hydrogens is 659 g/mol. The van der Waals surface area contributed by atoms with E-state index in [1.165, 1.54) is 5.56 Å². The molecule has 4 nitrogen and oxygen atoms in total. The number of hydrogen-bond donors (Lipinski definition) is 0. The molecule has 0 N–H and O–H groups in total. The number of hydrogen-bond acceptors (Lipinski definition) is 2. The van der Waals surface area contributed by atoms with E-state index in [0.29, 0.717) is 11.2 Å². The monoisotopic (exact) mass is 691 g/mol. The van der Waals surface area contributed by atoms with Crippen molar-refractivity contribution in [3.63, 3.8) is 0 Å². The molecule has 4 heteroatoms. The SMILES string of the molecule is O=c1c2cc(-c3cccc(-c4ccccc4)c3)ccc2n2c3cc(-c4cccc(-c5ccccc5)c4)ccc3nc2n1-c1cccc(-c2ccccc2)c1. The molecule has 54 heavy (non-hydrogen) atoms. The van der Waals surface area contributed by atoms with Crippen molar-refractivity contribution in [2.24, 2.45) is 0 Å². The first-order valence-corrected chi connectivity index (χ1v) is 18.2. The first-order chi connectivity index (χ1) is 26.7. The van der Waals surface area contributed by atoms with Gasteiger partial charge in [0.25, 0.3) is 5.56 Å². The summed E-state index contributed by atoms with van der Waals surface area (Å²) >= 11 is 0. The number of nitrogens with zero attached hydrogens (tertiary/aromatic N) is 3. The van der Waals surface area contributed by atoms with Crippen LogP contribution in [0.4, 0.5) is 0 Å². The van der Waals surface area contributed by atoms with Crippen LogP contribution in [0.5, 0.6) is 0 Å². The summed E-state index contributed by atoms with van der Waals surface area (Å²) in [5.74, 6) is 0.571. The molecule has 0 aliphatic rings. The number of benzene rings is 8. The van der Waals surface area contributed by atoms with Crippen LogP contribution in [0.1, 0.15) is 0 Å². The van der Waals surface area contributed by atoms with E-state index < -0.39 is 0 Å². The number of fused-ring (bicyclic) bond motifs is 5. The van der Waals surface area contributed by atoms with Crippen LogP contribution in [0, 0.1) is 0 Å². The Balaban J connectivity index is 1.21. The molecule has 0 amide bonds. The van der Waals surface area contributed by atoms with Gasteiger partial charge in [0.2, 0.25) is 5.78 Å². The molecule has 10 aromatic rings. The van der Waals surface area contributed by atoms with Gasteiger partial charge in [-0.3, -0.25) is 9.20 Å². The van der Waals surface area contributed by atoms with Crippen LogP contribution in [0.25, 0.3) is 89.0 Å². The topological polar surface area (TPSA) is 39.3 Å². The van der Waals surface area contributed by atoms with Gasteiger partial charge in [0, 0.05) is 0 Å². The molecule has 0 aliphatic heterocycles. The third kappa shape index (κ3) is 5.49. The van der Waals surface area contributed by atoms with Gasteiger partial charge < -0.3 is 0 Å². The number of rotatable bonds is 6. The molecule has 0 spiro atoms. The van der Waals surface area contributed by atoms with Gasteiger partial charge in [-0.25, -0.2) is 9.55 Å². The first kappa shape index (κ1) is 31.4. The third-order valence-corrected chi connectivity index (χ3v) is 10.3. The van der Waals surface area contributed by atoms with Crippen LogP contribution in [0.2, 0.25) is 0 Å². The van der Waals surface area contributed by atoms with Gasteiger partial charge >= 0.3 is 0 Å². The Hall–Kier alpha value is -7.30. The highest BCUT2D eigenvalue weighted by Gasteiger charge is 2.19. The lowest BCUT2D eigenvalue weighted by Crippen LogP contribution is -2.21. The Morgan fingerprint density at radius 2 is 0.796 bits per heavy atom. The van der Waals surface area contributed by atoms with Crippen molar-refractivity contribution < 1.29 is 0 Å². The predicted molar refractivity (Wildman–Crippen MR) is 223 cm³/mol. The Kier molecular flexibility index (Phi) is 7.59. The minimum absolute atomic E-state index is 0.116. The maximum atomic E-state index is 14.9. The maximum absolute atomic E-state index is 14.9. The van der Waals surface area contributed by atoms with E-state index in [1.807, 2.05) is 48.5 Å². The molecule has 0 atom stereocenters. The quantitative estimate of drug-likeness (QED) is 0.174. The molecule has 0 fully saturated rings. The molecule has 0 unspecified atom stereocenters. The molecule has 0 radical (unpaired) electrons. The van der Waals surface area contributed by atoms with E-state index in [4.69, 9.17) is 4.98 Å². The van der Waals surface area contributed by atoms with Gasteiger partial charge in [0.05, 0.1) is 27.6 Å². The van der Waals surface area contributed by atoms with Crippen LogP contribution in [0.15, 0.2) is 205 Å². The summed E-state index contributed by atoms with van der Waals surface area (Å²) in [6, 6.07) is 69.0. The van der Waals surface area contributed by atoms with E-state index >= 15 is 0 Å². The standard InChI is InChI=1S/C50H33N3O/c54-49-45-32-42(39-21-10-19-37(29-39)34-13-4-1-5-14-34)26-28-47(45)53-48-33-43(40-22-11-20-38(30-40)35-15-6-2-7-16-35)25-27-46(48)51-50(53)52(49)44-24-12-23-41(31-44)36-17-8-3-9-18-36/h1-33H. The van der Waals surface area contributed by atoms with Gasteiger partial charge in [0.15, 0.2) is 0 Å². The number of aromatic nitrogens is 3. The molecule has 0 saturated carbocycles. The molecule has 2 heterocycles. The van der Waals surface area contributed by atoms with Crippen molar-refractivity contribution in [3.05, 3.63) is 211 Å². The third-order valence-electron chi connectivity index (χ3n) is 10.3. The molecule has 0 aliphatic carbocycles. The zero-order valence-electron chi connectivity index (χ0n) is 29.3. The summed E-state index contributed by atoms with van der Waals surface area (Å²) < 4.78 is 3.92. The van der Waals surface area contributed by atoms with Crippen molar-refractivity contribution in [2.75, 3.05) is 0 Å². The van der Waals surface area contributed by atoms with Crippen molar-refractivity contribution in [1.29, 1.82) is 0 Å². The van der Waals surface area contributed by atoms with Crippen molar-refractivity contribution >= 4 is 27.7 Å². The van der Waals surface area contributed by atoms with Gasteiger partial charge in [-0.15, -0.1) is 0 Å². The maximum Gasteiger partial charge on any atom is 0.267 e. The highest BCUT2D eigenvalue weighted by atomic mass is 16.1. The first-order valence-electron chi connectivity index (χ1n) is 18.2. The second-order valence-electron chi connectivity index (χ2n) is 13.6.